The second kappa shape index (κ2) is 11.9. The molecular formula is C21H30N2O4S. The van der Waals surface area contributed by atoms with Crippen molar-refractivity contribution in [3.8, 4) is 0 Å². The fourth-order valence-corrected chi connectivity index (χ4v) is 3.17. The molecule has 0 fully saturated rings. The number of rotatable bonds is 4. The van der Waals surface area contributed by atoms with Crippen LogP contribution in [-0.2, 0) is 14.8 Å². The van der Waals surface area contributed by atoms with Gasteiger partial charge in [-0.15, -0.1) is 0 Å². The quantitative estimate of drug-likeness (QED) is 0.763. The average molecular weight is 407 g/mol. The van der Waals surface area contributed by atoms with Gasteiger partial charge in [-0.25, -0.2) is 12.7 Å². The van der Waals surface area contributed by atoms with Gasteiger partial charge < -0.3 is 4.90 Å². The van der Waals surface area contributed by atoms with Crippen molar-refractivity contribution in [1.82, 2.24) is 4.31 Å². The summed E-state index contributed by atoms with van der Waals surface area (Å²) >= 11 is 0. The third-order valence-corrected chi connectivity index (χ3v) is 5.42. The molecule has 154 valence electrons. The molecule has 6 nitrogen and oxygen atoms in total. The summed E-state index contributed by atoms with van der Waals surface area (Å²) in [6, 6.07) is 14.0. The number of nitrogens with zero attached hydrogens (tertiary/aromatic N) is 2. The Bertz CT molecular complexity index is 848. The SMILES string of the molecule is CC.CC.CC(=O)N(C)c1ccc(S(=O)(=O)N(C)C(=O)c2ccccc2)cc1. The van der Waals surface area contributed by atoms with Crippen LogP contribution in [-0.4, -0.2) is 38.6 Å². The van der Waals surface area contributed by atoms with Gasteiger partial charge in [0.15, 0.2) is 0 Å². The number of hydrogen-bond donors (Lipinski definition) is 0. The number of hydrogen-bond acceptors (Lipinski definition) is 4. The van der Waals surface area contributed by atoms with Crippen LogP contribution in [0.15, 0.2) is 59.5 Å². The van der Waals surface area contributed by atoms with Gasteiger partial charge in [0.1, 0.15) is 0 Å². The first-order valence-corrected chi connectivity index (χ1v) is 10.6. The molecule has 0 atom stereocenters. The van der Waals surface area contributed by atoms with E-state index in [9.17, 15) is 18.0 Å². The molecule has 0 aliphatic heterocycles. The summed E-state index contributed by atoms with van der Waals surface area (Å²) in [5.41, 5.74) is 0.856. The van der Waals surface area contributed by atoms with Crippen LogP contribution in [0.4, 0.5) is 5.69 Å². The third kappa shape index (κ3) is 6.20. The Morgan fingerprint density at radius 3 is 1.68 bits per heavy atom. The minimum atomic E-state index is -3.97. The average Bonchev–Trinajstić information content (AvgIpc) is 2.75. The molecule has 0 N–H and O–H groups in total. The zero-order chi connectivity index (χ0) is 21.9. The first-order chi connectivity index (χ1) is 13.2. The first kappa shape index (κ1) is 25.3. The summed E-state index contributed by atoms with van der Waals surface area (Å²) < 4.78 is 25.9. The predicted octanol–water partition coefficient (Wildman–Crippen LogP) is 4.18. The second-order valence-corrected chi connectivity index (χ2v) is 7.18. The Kier molecular flexibility index (Phi) is 10.8. The van der Waals surface area contributed by atoms with Crippen molar-refractivity contribution in [2.75, 3.05) is 19.0 Å². The van der Waals surface area contributed by atoms with Crippen molar-refractivity contribution < 1.29 is 18.0 Å². The smallest absolute Gasteiger partial charge is 0.267 e. The van der Waals surface area contributed by atoms with E-state index in [0.29, 0.717) is 9.99 Å². The minimum absolute atomic E-state index is 0.0185. The van der Waals surface area contributed by atoms with Gasteiger partial charge in [-0.3, -0.25) is 9.59 Å². The summed E-state index contributed by atoms with van der Waals surface area (Å²) in [4.78, 5) is 25.0. The van der Waals surface area contributed by atoms with Crippen molar-refractivity contribution in [3.63, 3.8) is 0 Å². The summed E-state index contributed by atoms with van der Waals surface area (Å²) in [7, 11) is -1.15. The Morgan fingerprint density at radius 2 is 1.25 bits per heavy atom. The molecule has 2 amide bonds. The standard InChI is InChI=1S/C17H18N2O4S.2C2H6/c1-13(20)18(2)15-9-11-16(12-10-15)24(22,23)19(3)17(21)14-7-5-4-6-8-14;2*1-2/h4-12H,1-3H3;2*1-2H3. The Hall–Kier alpha value is -2.67. The van der Waals surface area contributed by atoms with Crippen LogP contribution < -0.4 is 4.90 Å². The topological polar surface area (TPSA) is 74.8 Å². The summed E-state index contributed by atoms with van der Waals surface area (Å²) in [5.74, 6) is -0.775. The van der Waals surface area contributed by atoms with Crippen LogP contribution in [0.2, 0.25) is 0 Å². The van der Waals surface area contributed by atoms with Crippen LogP contribution in [0.5, 0.6) is 0 Å². The van der Waals surface area contributed by atoms with Gasteiger partial charge in [0.25, 0.3) is 15.9 Å². The number of benzene rings is 2. The van der Waals surface area contributed by atoms with Crippen LogP contribution in [0.25, 0.3) is 0 Å². The molecule has 0 aliphatic carbocycles. The van der Waals surface area contributed by atoms with E-state index < -0.39 is 15.9 Å². The molecule has 0 unspecified atom stereocenters. The highest BCUT2D eigenvalue weighted by molar-refractivity contribution is 7.89. The van der Waals surface area contributed by atoms with E-state index in [1.165, 1.54) is 43.1 Å². The summed E-state index contributed by atoms with van der Waals surface area (Å²) in [6.07, 6.45) is 0. The van der Waals surface area contributed by atoms with Gasteiger partial charge in [-0.05, 0) is 36.4 Å². The van der Waals surface area contributed by atoms with E-state index in [4.69, 9.17) is 0 Å². The van der Waals surface area contributed by atoms with E-state index in [1.807, 2.05) is 27.7 Å². The van der Waals surface area contributed by atoms with Crippen LogP contribution in [0, 0.1) is 0 Å². The largest absolute Gasteiger partial charge is 0.316 e. The molecule has 0 saturated heterocycles. The van der Waals surface area contributed by atoms with Gasteiger partial charge in [-0.2, -0.15) is 0 Å². The second-order valence-electron chi connectivity index (χ2n) is 5.22. The Balaban J connectivity index is 0.00000171. The van der Waals surface area contributed by atoms with Crippen molar-refractivity contribution in [1.29, 1.82) is 0 Å². The van der Waals surface area contributed by atoms with Crippen LogP contribution in [0.3, 0.4) is 0 Å². The van der Waals surface area contributed by atoms with Crippen LogP contribution in [0.1, 0.15) is 45.0 Å². The Labute approximate surface area is 168 Å². The third-order valence-electron chi connectivity index (χ3n) is 3.66. The van der Waals surface area contributed by atoms with Crippen molar-refractivity contribution >= 4 is 27.5 Å². The monoisotopic (exact) mass is 406 g/mol. The van der Waals surface area contributed by atoms with Gasteiger partial charge in [-0.1, -0.05) is 45.9 Å². The summed E-state index contributed by atoms with van der Waals surface area (Å²) in [5, 5.41) is 0. The lowest BCUT2D eigenvalue weighted by atomic mass is 10.2. The molecule has 0 spiro atoms. The summed E-state index contributed by atoms with van der Waals surface area (Å²) in [6.45, 7) is 9.41. The maximum Gasteiger partial charge on any atom is 0.267 e. The van der Waals surface area contributed by atoms with Gasteiger partial charge in [0.05, 0.1) is 4.90 Å². The fourth-order valence-electron chi connectivity index (χ4n) is 2.05. The normalized spacial score (nSPS) is 9.82. The van der Waals surface area contributed by atoms with Crippen molar-refractivity contribution in [3.05, 3.63) is 60.2 Å². The molecule has 28 heavy (non-hydrogen) atoms. The Morgan fingerprint density at radius 1 is 0.786 bits per heavy atom. The molecule has 2 aromatic rings. The first-order valence-electron chi connectivity index (χ1n) is 9.18. The van der Waals surface area contributed by atoms with Gasteiger partial charge in [0.2, 0.25) is 5.91 Å². The number of carbonyl (C=O) groups excluding carboxylic acids is 2. The molecule has 0 aliphatic rings. The minimum Gasteiger partial charge on any atom is -0.316 e. The molecule has 7 heteroatoms. The lowest BCUT2D eigenvalue weighted by Crippen LogP contribution is -2.33. The number of sulfonamides is 1. The number of amides is 2. The predicted molar refractivity (Wildman–Crippen MR) is 114 cm³/mol. The molecule has 0 saturated carbocycles. The van der Waals surface area contributed by atoms with E-state index in [2.05, 4.69) is 0 Å². The van der Waals surface area contributed by atoms with Crippen molar-refractivity contribution in [2.45, 2.75) is 39.5 Å². The molecule has 2 rings (SSSR count). The van der Waals surface area contributed by atoms with E-state index in [1.54, 1.807) is 37.4 Å². The van der Waals surface area contributed by atoms with Gasteiger partial charge in [0, 0.05) is 32.3 Å². The molecule has 0 radical (unpaired) electrons. The zero-order valence-corrected chi connectivity index (χ0v) is 18.4. The molecule has 0 aromatic heterocycles. The van der Waals surface area contributed by atoms with E-state index >= 15 is 0 Å². The molecular weight excluding hydrogens is 376 g/mol. The maximum absolute atomic E-state index is 12.6. The highest BCUT2D eigenvalue weighted by Crippen LogP contribution is 2.21. The maximum atomic E-state index is 12.6. The van der Waals surface area contributed by atoms with E-state index in [-0.39, 0.29) is 16.4 Å². The number of anilines is 1. The van der Waals surface area contributed by atoms with Gasteiger partial charge >= 0.3 is 0 Å². The lowest BCUT2D eigenvalue weighted by Gasteiger charge is -2.19. The fraction of sp³-hybridized carbons (Fsp3) is 0.333. The van der Waals surface area contributed by atoms with Crippen LogP contribution >= 0.6 is 0 Å². The zero-order valence-electron chi connectivity index (χ0n) is 17.6. The molecule has 2 aromatic carbocycles. The highest BCUT2D eigenvalue weighted by atomic mass is 32.2. The highest BCUT2D eigenvalue weighted by Gasteiger charge is 2.26. The van der Waals surface area contributed by atoms with Crippen molar-refractivity contribution in [2.24, 2.45) is 0 Å². The lowest BCUT2D eigenvalue weighted by molar-refractivity contribution is -0.116. The molecule has 0 bridgehead atoms. The molecule has 0 heterocycles. The van der Waals surface area contributed by atoms with E-state index in [0.717, 1.165) is 0 Å². The number of carbonyl (C=O) groups is 2.